The van der Waals surface area contributed by atoms with Gasteiger partial charge in [0, 0.05) is 12.2 Å². The van der Waals surface area contributed by atoms with Gasteiger partial charge in [-0.1, -0.05) is 48.5 Å². The molecule has 0 heterocycles. The minimum absolute atomic E-state index is 0.432. The van der Waals surface area contributed by atoms with Gasteiger partial charge in [-0.2, -0.15) is 5.26 Å². The molecule has 0 saturated carbocycles. The van der Waals surface area contributed by atoms with E-state index in [0.717, 1.165) is 16.8 Å². The number of para-hydroxylation sites is 1. The highest BCUT2D eigenvalue weighted by molar-refractivity contribution is 5.78. The number of nitrogens with one attached hydrogen (secondary N) is 1. The summed E-state index contributed by atoms with van der Waals surface area (Å²) in [4.78, 5) is 0. The van der Waals surface area contributed by atoms with E-state index >= 15 is 0 Å². The molecule has 3 aromatic carbocycles. The molecule has 0 spiro atoms. The van der Waals surface area contributed by atoms with Crippen molar-refractivity contribution < 1.29 is 9.47 Å². The molecule has 0 radical (unpaired) electrons. The van der Waals surface area contributed by atoms with Crippen LogP contribution in [0, 0.1) is 11.3 Å². The summed E-state index contributed by atoms with van der Waals surface area (Å²) in [6, 6.07) is 27.6. The average Bonchev–Trinajstić information content (AvgIpc) is 2.76. The first-order valence-corrected chi connectivity index (χ1v) is 9.04. The Kier molecular flexibility index (Phi) is 6.70. The molecule has 0 fully saturated rings. The molecule has 0 aliphatic rings. The van der Waals surface area contributed by atoms with Crippen molar-refractivity contribution in [2.45, 2.75) is 6.61 Å². The Hall–Kier alpha value is -3.71. The maximum atomic E-state index is 9.58. The van der Waals surface area contributed by atoms with Crippen LogP contribution in [0.1, 0.15) is 11.1 Å². The molecule has 0 aliphatic carbocycles. The van der Waals surface area contributed by atoms with Crippen molar-refractivity contribution in [3.8, 4) is 17.6 Å². The summed E-state index contributed by atoms with van der Waals surface area (Å²) >= 11 is 0. The zero-order valence-corrected chi connectivity index (χ0v) is 15.8. The van der Waals surface area contributed by atoms with Crippen LogP contribution in [0.25, 0.3) is 5.57 Å². The Balaban J connectivity index is 1.74. The molecule has 0 aliphatic heterocycles. The van der Waals surface area contributed by atoms with E-state index in [1.807, 2.05) is 84.9 Å². The van der Waals surface area contributed by atoms with E-state index < -0.39 is 0 Å². The van der Waals surface area contributed by atoms with Gasteiger partial charge >= 0.3 is 0 Å². The predicted octanol–water partition coefficient (Wildman–Crippen LogP) is 5.29. The molecule has 140 valence electrons. The van der Waals surface area contributed by atoms with Crippen LogP contribution in [0.5, 0.6) is 11.5 Å². The molecule has 3 rings (SSSR count). The molecule has 1 N–H and O–H groups in total. The van der Waals surface area contributed by atoms with Crippen LogP contribution in [0.15, 0.2) is 84.9 Å². The van der Waals surface area contributed by atoms with Crippen LogP contribution in [-0.2, 0) is 6.61 Å². The van der Waals surface area contributed by atoms with Crippen molar-refractivity contribution in [1.29, 1.82) is 5.26 Å². The molecule has 0 aromatic heterocycles. The first-order valence-electron chi connectivity index (χ1n) is 9.04. The van der Waals surface area contributed by atoms with E-state index in [-0.39, 0.29) is 0 Å². The number of methoxy groups -OCH3 is 1. The molecule has 0 unspecified atom stereocenters. The summed E-state index contributed by atoms with van der Waals surface area (Å²) in [5.41, 5.74) is 3.45. The molecule has 0 amide bonds. The lowest BCUT2D eigenvalue weighted by Crippen LogP contribution is -2.00. The lowest BCUT2D eigenvalue weighted by atomic mass is 10.1. The van der Waals surface area contributed by atoms with Gasteiger partial charge in [0.1, 0.15) is 6.61 Å². The van der Waals surface area contributed by atoms with Gasteiger partial charge in [0.2, 0.25) is 0 Å². The average molecular weight is 370 g/mol. The van der Waals surface area contributed by atoms with Crippen LogP contribution in [0.2, 0.25) is 0 Å². The Bertz CT molecular complexity index is 961. The fourth-order valence-electron chi connectivity index (χ4n) is 2.75. The highest BCUT2D eigenvalue weighted by atomic mass is 16.5. The molecular formula is C24H22N2O2. The standard InChI is InChI=1S/C24H22N2O2/c1-27-23-13-12-20(16-24(23)28-18-19-8-4-2-5-9-19)21(17-25)14-15-26-22-10-6-3-7-11-22/h2-14,16,26H,15,18H2,1H3/b21-14+. The molecule has 0 bridgehead atoms. The van der Waals surface area contributed by atoms with Crippen molar-refractivity contribution in [2.75, 3.05) is 19.0 Å². The van der Waals surface area contributed by atoms with E-state index in [0.29, 0.717) is 30.2 Å². The second-order valence-electron chi connectivity index (χ2n) is 6.12. The SMILES string of the molecule is COc1ccc(/C(C#N)=C/CNc2ccccc2)cc1OCc1ccccc1. The van der Waals surface area contributed by atoms with E-state index in [2.05, 4.69) is 11.4 Å². The summed E-state index contributed by atoms with van der Waals surface area (Å²) in [7, 11) is 1.61. The van der Waals surface area contributed by atoms with Crippen molar-refractivity contribution in [3.05, 3.63) is 96.1 Å². The molecule has 0 atom stereocenters. The fraction of sp³-hybridized carbons (Fsp3) is 0.125. The Morgan fingerprint density at radius 2 is 1.68 bits per heavy atom. The third-order valence-corrected chi connectivity index (χ3v) is 4.22. The number of benzene rings is 3. The van der Waals surface area contributed by atoms with Gasteiger partial charge in [-0.25, -0.2) is 0 Å². The zero-order valence-electron chi connectivity index (χ0n) is 15.8. The van der Waals surface area contributed by atoms with Gasteiger partial charge in [0.25, 0.3) is 0 Å². The molecule has 28 heavy (non-hydrogen) atoms. The molecule has 4 nitrogen and oxygen atoms in total. The minimum Gasteiger partial charge on any atom is -0.493 e. The van der Waals surface area contributed by atoms with E-state index in [1.165, 1.54) is 0 Å². The highest BCUT2D eigenvalue weighted by Gasteiger charge is 2.09. The number of nitriles is 1. The summed E-state index contributed by atoms with van der Waals surface area (Å²) in [5, 5.41) is 12.9. The Morgan fingerprint density at radius 3 is 2.36 bits per heavy atom. The number of hydrogen-bond acceptors (Lipinski definition) is 4. The van der Waals surface area contributed by atoms with Crippen molar-refractivity contribution in [3.63, 3.8) is 0 Å². The summed E-state index contributed by atoms with van der Waals surface area (Å²) in [6.45, 7) is 0.987. The number of hydrogen-bond donors (Lipinski definition) is 1. The van der Waals surface area contributed by atoms with E-state index in [9.17, 15) is 5.26 Å². The Morgan fingerprint density at radius 1 is 0.964 bits per heavy atom. The normalized spacial score (nSPS) is 10.8. The number of rotatable bonds is 8. The summed E-state index contributed by atoms with van der Waals surface area (Å²) in [5.74, 6) is 1.25. The molecule has 3 aromatic rings. The van der Waals surface area contributed by atoms with Crippen LogP contribution in [-0.4, -0.2) is 13.7 Å². The third kappa shape index (κ3) is 5.15. The number of nitrogens with zero attached hydrogens (tertiary/aromatic N) is 1. The van der Waals surface area contributed by atoms with Gasteiger partial charge in [-0.15, -0.1) is 0 Å². The maximum Gasteiger partial charge on any atom is 0.162 e. The minimum atomic E-state index is 0.432. The van der Waals surface area contributed by atoms with Gasteiger partial charge in [0.05, 0.1) is 18.8 Å². The number of anilines is 1. The lowest BCUT2D eigenvalue weighted by molar-refractivity contribution is 0.284. The summed E-state index contributed by atoms with van der Waals surface area (Å²) in [6.07, 6.45) is 1.87. The van der Waals surface area contributed by atoms with Gasteiger partial charge in [-0.05, 0) is 47.5 Å². The zero-order chi connectivity index (χ0) is 19.6. The van der Waals surface area contributed by atoms with Crippen LogP contribution in [0.3, 0.4) is 0 Å². The quantitative estimate of drug-likeness (QED) is 0.547. The summed E-state index contributed by atoms with van der Waals surface area (Å²) < 4.78 is 11.3. The Labute approximate surface area is 165 Å². The number of ether oxygens (including phenoxy) is 2. The fourth-order valence-corrected chi connectivity index (χ4v) is 2.75. The smallest absolute Gasteiger partial charge is 0.162 e. The van der Waals surface area contributed by atoms with Gasteiger partial charge in [0.15, 0.2) is 11.5 Å². The van der Waals surface area contributed by atoms with Gasteiger partial charge < -0.3 is 14.8 Å². The topological polar surface area (TPSA) is 54.3 Å². The highest BCUT2D eigenvalue weighted by Crippen LogP contribution is 2.31. The molecular weight excluding hydrogens is 348 g/mol. The second kappa shape index (κ2) is 9.84. The van der Waals surface area contributed by atoms with Gasteiger partial charge in [-0.3, -0.25) is 0 Å². The molecule has 0 saturated heterocycles. The van der Waals surface area contributed by atoms with Crippen molar-refractivity contribution >= 4 is 11.3 Å². The molecule has 4 heteroatoms. The largest absolute Gasteiger partial charge is 0.493 e. The van der Waals surface area contributed by atoms with Crippen LogP contribution >= 0.6 is 0 Å². The van der Waals surface area contributed by atoms with Crippen molar-refractivity contribution in [1.82, 2.24) is 0 Å². The van der Waals surface area contributed by atoms with Crippen molar-refractivity contribution in [2.24, 2.45) is 0 Å². The monoisotopic (exact) mass is 370 g/mol. The lowest BCUT2D eigenvalue weighted by Gasteiger charge is -2.12. The maximum absolute atomic E-state index is 9.58. The van der Waals surface area contributed by atoms with Crippen LogP contribution < -0.4 is 14.8 Å². The predicted molar refractivity (Wildman–Crippen MR) is 112 cm³/mol. The first-order chi connectivity index (χ1) is 13.8. The second-order valence-corrected chi connectivity index (χ2v) is 6.12. The van der Waals surface area contributed by atoms with E-state index in [1.54, 1.807) is 7.11 Å². The number of allylic oxidation sites excluding steroid dienone is 1. The third-order valence-electron chi connectivity index (χ3n) is 4.22. The van der Waals surface area contributed by atoms with E-state index in [4.69, 9.17) is 9.47 Å². The van der Waals surface area contributed by atoms with Crippen LogP contribution in [0.4, 0.5) is 5.69 Å². The first kappa shape index (κ1) is 19.1.